The number of fused-ring (bicyclic) bond motifs is 1. The van der Waals surface area contributed by atoms with E-state index in [1.807, 2.05) is 29.8 Å². The number of anilines is 1. The fourth-order valence-electron chi connectivity index (χ4n) is 2.56. The fraction of sp³-hybridized carbons (Fsp3) is 0.0556. The zero-order chi connectivity index (χ0) is 15.6. The highest BCUT2D eigenvalue weighted by atomic mass is 32.1. The van der Waals surface area contributed by atoms with Gasteiger partial charge in [0.15, 0.2) is 5.13 Å². The molecule has 0 atom stereocenters. The zero-order valence-corrected chi connectivity index (χ0v) is 13.0. The minimum absolute atomic E-state index is 0.240. The van der Waals surface area contributed by atoms with E-state index in [1.165, 1.54) is 17.7 Å². The number of thiazole rings is 1. The molecule has 0 radical (unpaired) electrons. The van der Waals surface area contributed by atoms with Crippen molar-refractivity contribution in [2.45, 2.75) is 6.54 Å². The third-order valence-corrected chi connectivity index (χ3v) is 4.51. The number of hydrogen-bond acceptors (Lipinski definition) is 3. The van der Waals surface area contributed by atoms with Crippen LogP contribution in [0.5, 0.6) is 0 Å². The lowest BCUT2D eigenvalue weighted by molar-refractivity contribution is 0.630. The molecule has 0 aliphatic carbocycles. The Kier molecular flexibility index (Phi) is 3.55. The van der Waals surface area contributed by atoms with Gasteiger partial charge < -0.3 is 10.3 Å². The smallest absolute Gasteiger partial charge is 0.183 e. The molecule has 0 fully saturated rings. The van der Waals surface area contributed by atoms with Gasteiger partial charge in [-0.3, -0.25) is 0 Å². The van der Waals surface area contributed by atoms with Crippen LogP contribution >= 0.6 is 11.3 Å². The Balaban J connectivity index is 1.58. The zero-order valence-electron chi connectivity index (χ0n) is 12.2. The van der Waals surface area contributed by atoms with Crippen molar-refractivity contribution in [3.05, 3.63) is 71.5 Å². The van der Waals surface area contributed by atoms with Crippen LogP contribution in [0.2, 0.25) is 0 Å². The number of halogens is 1. The summed E-state index contributed by atoms with van der Waals surface area (Å²) in [5.41, 5.74) is 3.89. The molecule has 4 rings (SSSR count). The normalized spacial score (nSPS) is 11.0. The Bertz CT molecular complexity index is 943. The van der Waals surface area contributed by atoms with Crippen LogP contribution in [-0.4, -0.2) is 9.97 Å². The van der Waals surface area contributed by atoms with Gasteiger partial charge in [-0.25, -0.2) is 9.37 Å². The Hall–Kier alpha value is -2.66. The molecule has 3 nitrogen and oxygen atoms in total. The molecule has 0 aliphatic heterocycles. The molecule has 0 aliphatic rings. The van der Waals surface area contributed by atoms with Crippen molar-refractivity contribution in [2.75, 3.05) is 5.32 Å². The van der Waals surface area contributed by atoms with Gasteiger partial charge >= 0.3 is 0 Å². The van der Waals surface area contributed by atoms with E-state index in [0.717, 1.165) is 33.8 Å². The molecule has 0 spiro atoms. The molecule has 23 heavy (non-hydrogen) atoms. The van der Waals surface area contributed by atoms with Crippen molar-refractivity contribution in [1.82, 2.24) is 9.97 Å². The molecule has 0 bridgehead atoms. The van der Waals surface area contributed by atoms with Crippen LogP contribution in [-0.2, 0) is 6.54 Å². The van der Waals surface area contributed by atoms with Crippen LogP contribution in [0, 0.1) is 5.82 Å². The molecule has 5 heteroatoms. The largest absolute Gasteiger partial charge is 0.360 e. The lowest BCUT2D eigenvalue weighted by Gasteiger charge is -2.02. The van der Waals surface area contributed by atoms with Gasteiger partial charge in [-0.2, -0.15) is 0 Å². The Morgan fingerprint density at radius 3 is 2.87 bits per heavy atom. The molecule has 0 saturated carbocycles. The summed E-state index contributed by atoms with van der Waals surface area (Å²) in [7, 11) is 0. The minimum Gasteiger partial charge on any atom is -0.360 e. The maximum absolute atomic E-state index is 13.5. The first-order valence-electron chi connectivity index (χ1n) is 7.30. The first-order chi connectivity index (χ1) is 11.3. The van der Waals surface area contributed by atoms with E-state index >= 15 is 0 Å². The average molecular weight is 323 g/mol. The van der Waals surface area contributed by atoms with Crippen molar-refractivity contribution < 1.29 is 4.39 Å². The summed E-state index contributed by atoms with van der Waals surface area (Å²) < 4.78 is 13.5. The molecule has 2 aromatic carbocycles. The molecule has 2 N–H and O–H groups in total. The van der Waals surface area contributed by atoms with E-state index in [2.05, 4.69) is 27.4 Å². The van der Waals surface area contributed by atoms with Crippen LogP contribution in [0.25, 0.3) is 22.2 Å². The van der Waals surface area contributed by atoms with Gasteiger partial charge in [0.25, 0.3) is 0 Å². The number of nitrogens with zero attached hydrogens (tertiary/aromatic N) is 1. The Morgan fingerprint density at radius 1 is 1.13 bits per heavy atom. The van der Waals surface area contributed by atoms with Crippen LogP contribution in [0.1, 0.15) is 5.56 Å². The van der Waals surface area contributed by atoms with E-state index in [9.17, 15) is 4.39 Å². The lowest BCUT2D eigenvalue weighted by atomic mass is 10.1. The van der Waals surface area contributed by atoms with Gasteiger partial charge in [0.2, 0.25) is 0 Å². The predicted octanol–water partition coefficient (Wildman–Crippen LogP) is 5.04. The summed E-state index contributed by atoms with van der Waals surface area (Å²) in [6.07, 6.45) is 1.88. The molecule has 114 valence electrons. The first kappa shape index (κ1) is 14.0. The summed E-state index contributed by atoms with van der Waals surface area (Å²) in [5.74, 6) is -0.240. The average Bonchev–Trinajstić information content (AvgIpc) is 3.20. The molecular formula is C18H14FN3S. The molecule has 0 saturated heterocycles. The first-order valence-corrected chi connectivity index (χ1v) is 8.18. The second-order valence-corrected chi connectivity index (χ2v) is 6.13. The van der Waals surface area contributed by atoms with Gasteiger partial charge in [-0.15, -0.1) is 11.3 Å². The van der Waals surface area contributed by atoms with Crippen LogP contribution in [0.15, 0.2) is 60.1 Å². The van der Waals surface area contributed by atoms with Crippen molar-refractivity contribution in [3.8, 4) is 11.3 Å². The van der Waals surface area contributed by atoms with Crippen LogP contribution in [0.4, 0.5) is 9.52 Å². The van der Waals surface area contributed by atoms with Crippen molar-refractivity contribution in [3.63, 3.8) is 0 Å². The Morgan fingerprint density at radius 2 is 2.00 bits per heavy atom. The summed E-state index contributed by atoms with van der Waals surface area (Å²) in [6.45, 7) is 0.732. The summed E-state index contributed by atoms with van der Waals surface area (Å²) >= 11 is 1.55. The van der Waals surface area contributed by atoms with E-state index < -0.39 is 0 Å². The maximum atomic E-state index is 13.5. The van der Waals surface area contributed by atoms with Gasteiger partial charge in [0, 0.05) is 34.6 Å². The SMILES string of the molecule is Fc1ccc2[nH]cc(-c3csc(NCc4ccccc4)n3)c2c1. The number of H-pyrrole nitrogens is 1. The number of aromatic amines is 1. The third-order valence-electron chi connectivity index (χ3n) is 3.71. The van der Waals surface area contributed by atoms with Crippen molar-refractivity contribution in [1.29, 1.82) is 0 Å². The monoisotopic (exact) mass is 323 g/mol. The van der Waals surface area contributed by atoms with Gasteiger partial charge in [0.05, 0.1) is 5.69 Å². The lowest BCUT2D eigenvalue weighted by Crippen LogP contribution is -1.98. The highest BCUT2D eigenvalue weighted by molar-refractivity contribution is 7.14. The highest BCUT2D eigenvalue weighted by Gasteiger charge is 2.10. The summed E-state index contributed by atoms with van der Waals surface area (Å²) in [6, 6.07) is 14.9. The maximum Gasteiger partial charge on any atom is 0.183 e. The molecule has 0 unspecified atom stereocenters. The van der Waals surface area contributed by atoms with Gasteiger partial charge in [-0.05, 0) is 23.8 Å². The van der Waals surface area contributed by atoms with E-state index in [-0.39, 0.29) is 5.82 Å². The fourth-order valence-corrected chi connectivity index (χ4v) is 3.27. The highest BCUT2D eigenvalue weighted by Crippen LogP contribution is 2.31. The number of benzene rings is 2. The molecule has 2 heterocycles. The summed E-state index contributed by atoms with van der Waals surface area (Å²) in [4.78, 5) is 7.77. The van der Waals surface area contributed by atoms with Crippen molar-refractivity contribution >= 4 is 27.4 Å². The van der Waals surface area contributed by atoms with E-state index in [1.54, 1.807) is 17.4 Å². The third kappa shape index (κ3) is 2.83. The standard InChI is InChI=1S/C18H14FN3S/c19-13-6-7-16-14(8-13)15(10-20-16)17-11-23-18(22-17)21-9-12-4-2-1-3-5-12/h1-8,10-11,20H,9H2,(H,21,22). The van der Waals surface area contributed by atoms with E-state index in [4.69, 9.17) is 0 Å². The topological polar surface area (TPSA) is 40.7 Å². The number of nitrogens with one attached hydrogen (secondary N) is 2. The van der Waals surface area contributed by atoms with Crippen LogP contribution < -0.4 is 5.32 Å². The quantitative estimate of drug-likeness (QED) is 0.552. The van der Waals surface area contributed by atoms with Gasteiger partial charge in [-0.1, -0.05) is 30.3 Å². The number of aromatic nitrogens is 2. The predicted molar refractivity (Wildman–Crippen MR) is 93.1 cm³/mol. The van der Waals surface area contributed by atoms with E-state index in [0.29, 0.717) is 0 Å². The van der Waals surface area contributed by atoms with Crippen LogP contribution in [0.3, 0.4) is 0 Å². The number of rotatable bonds is 4. The number of hydrogen-bond donors (Lipinski definition) is 2. The minimum atomic E-state index is -0.240. The van der Waals surface area contributed by atoms with Crippen molar-refractivity contribution in [2.24, 2.45) is 0 Å². The molecule has 0 amide bonds. The second-order valence-electron chi connectivity index (χ2n) is 5.27. The molecule has 2 aromatic heterocycles. The Labute approximate surface area is 136 Å². The van der Waals surface area contributed by atoms with Gasteiger partial charge in [0.1, 0.15) is 5.82 Å². The second kappa shape index (κ2) is 5.85. The summed E-state index contributed by atoms with van der Waals surface area (Å²) in [5, 5.41) is 7.02. The molecular weight excluding hydrogens is 309 g/mol. The molecule has 4 aromatic rings.